The monoisotopic (exact) mass is 342 g/mol. The number of nitrogens with zero attached hydrogens (tertiary/aromatic N) is 1. The van der Waals surface area contributed by atoms with Crippen molar-refractivity contribution in [1.29, 1.82) is 0 Å². The highest BCUT2D eigenvalue weighted by atomic mass is 32.2. The van der Waals surface area contributed by atoms with Crippen LogP contribution < -0.4 is 5.32 Å². The lowest BCUT2D eigenvalue weighted by atomic mass is 10.1. The van der Waals surface area contributed by atoms with Crippen LogP contribution in [0, 0.1) is 6.92 Å². The topological polar surface area (TPSA) is 51.1 Å². The van der Waals surface area contributed by atoms with E-state index >= 15 is 0 Å². The molecule has 2 aromatic carbocycles. The molecule has 0 unspecified atom stereocenters. The van der Waals surface area contributed by atoms with Gasteiger partial charge in [-0.15, -0.1) is 0 Å². The van der Waals surface area contributed by atoms with Crippen molar-refractivity contribution in [1.82, 2.24) is 9.88 Å². The van der Waals surface area contributed by atoms with Gasteiger partial charge in [0.25, 0.3) is 0 Å². The largest absolute Gasteiger partial charge is 0.348 e. The fourth-order valence-electron chi connectivity index (χ4n) is 3.10. The van der Waals surface area contributed by atoms with Gasteiger partial charge < -0.3 is 9.88 Å². The molecule has 0 fully saturated rings. The van der Waals surface area contributed by atoms with Gasteiger partial charge in [0.05, 0.1) is 9.79 Å². The number of rotatable bonds is 5. The Morgan fingerprint density at radius 1 is 1.04 bits per heavy atom. The molecule has 0 aliphatic heterocycles. The Morgan fingerprint density at radius 3 is 2.42 bits per heavy atom. The van der Waals surface area contributed by atoms with Gasteiger partial charge in [0.15, 0.2) is 0 Å². The minimum Gasteiger partial charge on any atom is -0.348 e. The smallest absolute Gasteiger partial charge is 0.206 e. The Bertz CT molecular complexity index is 974. The van der Waals surface area contributed by atoms with Crippen LogP contribution in [0.3, 0.4) is 0 Å². The molecule has 4 nitrogen and oxygen atoms in total. The minimum atomic E-state index is -3.50. The number of nitrogens with one attached hydrogen (secondary N) is 1. The highest BCUT2D eigenvalue weighted by Gasteiger charge is 2.20. The van der Waals surface area contributed by atoms with Gasteiger partial charge in [-0.1, -0.05) is 18.2 Å². The molecule has 0 aliphatic rings. The molecule has 1 heterocycles. The summed E-state index contributed by atoms with van der Waals surface area (Å²) < 4.78 is 27.9. The van der Waals surface area contributed by atoms with Crippen LogP contribution in [-0.4, -0.2) is 26.6 Å². The Labute approximate surface area is 143 Å². The zero-order chi connectivity index (χ0) is 17.3. The first-order chi connectivity index (χ1) is 11.5. The zero-order valence-electron chi connectivity index (χ0n) is 14.2. The Hall–Kier alpha value is -2.11. The first kappa shape index (κ1) is 16.7. The maximum atomic E-state index is 12.9. The highest BCUT2D eigenvalue weighted by Crippen LogP contribution is 2.30. The number of aromatic nitrogens is 1. The lowest BCUT2D eigenvalue weighted by Gasteiger charge is -2.06. The van der Waals surface area contributed by atoms with Crippen LogP contribution in [0.5, 0.6) is 0 Å². The van der Waals surface area contributed by atoms with E-state index in [2.05, 4.69) is 16.8 Å². The predicted molar refractivity (Wildman–Crippen MR) is 97.2 cm³/mol. The highest BCUT2D eigenvalue weighted by molar-refractivity contribution is 7.91. The van der Waals surface area contributed by atoms with Crippen molar-refractivity contribution < 1.29 is 8.42 Å². The summed E-state index contributed by atoms with van der Waals surface area (Å²) in [7, 11) is 0.446. The number of fused-ring (bicyclic) bond motifs is 1. The molecule has 0 spiro atoms. The Balaban J connectivity index is 2.18. The fraction of sp³-hybridized carbons (Fsp3) is 0.263. The first-order valence-corrected chi connectivity index (χ1v) is 9.47. The molecule has 0 aliphatic carbocycles. The van der Waals surface area contributed by atoms with Gasteiger partial charge in [-0.3, -0.25) is 0 Å². The van der Waals surface area contributed by atoms with E-state index in [9.17, 15) is 8.42 Å². The van der Waals surface area contributed by atoms with Crippen LogP contribution in [0.25, 0.3) is 10.9 Å². The van der Waals surface area contributed by atoms with Gasteiger partial charge in [-0.05, 0) is 62.8 Å². The Morgan fingerprint density at radius 2 is 1.75 bits per heavy atom. The molecule has 0 bridgehead atoms. The summed E-state index contributed by atoms with van der Waals surface area (Å²) in [4.78, 5) is 0.672. The predicted octanol–water partition coefficient (Wildman–Crippen LogP) is 3.08. The van der Waals surface area contributed by atoms with Crippen LogP contribution in [0.4, 0.5) is 0 Å². The maximum absolute atomic E-state index is 12.9. The van der Waals surface area contributed by atoms with Gasteiger partial charge in [-0.25, -0.2) is 8.42 Å². The van der Waals surface area contributed by atoms with E-state index in [1.54, 1.807) is 30.3 Å². The quantitative estimate of drug-likeness (QED) is 0.775. The summed E-state index contributed by atoms with van der Waals surface area (Å²) in [5.41, 5.74) is 3.44. The SMILES string of the molecule is CNCCc1c(C)n(C)c2ccc(S(=O)(=O)c3ccccc3)cc12. The molecule has 5 heteroatoms. The van der Waals surface area contributed by atoms with Crippen molar-refractivity contribution >= 4 is 20.7 Å². The average molecular weight is 342 g/mol. The lowest BCUT2D eigenvalue weighted by Crippen LogP contribution is -2.11. The van der Waals surface area contributed by atoms with Crippen molar-refractivity contribution in [2.45, 2.75) is 23.1 Å². The second kappa shape index (κ2) is 6.42. The van der Waals surface area contributed by atoms with E-state index in [1.165, 1.54) is 11.3 Å². The van der Waals surface area contributed by atoms with Gasteiger partial charge in [0.1, 0.15) is 0 Å². The molecule has 24 heavy (non-hydrogen) atoms. The van der Waals surface area contributed by atoms with Gasteiger partial charge in [0.2, 0.25) is 9.84 Å². The number of benzene rings is 2. The molecule has 0 saturated carbocycles. The third-order valence-electron chi connectivity index (χ3n) is 4.58. The third kappa shape index (κ3) is 2.74. The molecule has 1 N–H and O–H groups in total. The molecule has 0 amide bonds. The second-order valence-corrected chi connectivity index (χ2v) is 7.92. The number of hydrogen-bond donors (Lipinski definition) is 1. The minimum absolute atomic E-state index is 0.328. The molecule has 3 aromatic rings. The molecule has 0 radical (unpaired) electrons. The third-order valence-corrected chi connectivity index (χ3v) is 6.35. The van der Waals surface area contributed by atoms with Gasteiger partial charge in [-0.2, -0.15) is 0 Å². The molecule has 0 saturated heterocycles. The van der Waals surface area contributed by atoms with Crippen molar-refractivity contribution in [2.24, 2.45) is 7.05 Å². The van der Waals surface area contributed by atoms with E-state index in [-0.39, 0.29) is 0 Å². The average Bonchev–Trinajstić information content (AvgIpc) is 2.84. The fourth-order valence-corrected chi connectivity index (χ4v) is 4.40. The zero-order valence-corrected chi connectivity index (χ0v) is 15.0. The Kier molecular flexibility index (Phi) is 4.47. The number of aryl methyl sites for hydroxylation is 1. The van der Waals surface area contributed by atoms with Gasteiger partial charge in [0, 0.05) is 23.6 Å². The van der Waals surface area contributed by atoms with Gasteiger partial charge >= 0.3 is 0 Å². The molecular formula is C19H22N2O2S. The lowest BCUT2D eigenvalue weighted by molar-refractivity contribution is 0.596. The van der Waals surface area contributed by atoms with Crippen LogP contribution in [0.1, 0.15) is 11.3 Å². The molecule has 1 aromatic heterocycles. The first-order valence-electron chi connectivity index (χ1n) is 7.99. The van der Waals surface area contributed by atoms with E-state index in [0.717, 1.165) is 23.9 Å². The van der Waals surface area contributed by atoms with E-state index < -0.39 is 9.84 Å². The summed E-state index contributed by atoms with van der Waals surface area (Å²) in [5, 5.41) is 4.18. The molecule has 0 atom stereocenters. The molecular weight excluding hydrogens is 320 g/mol. The van der Waals surface area contributed by atoms with E-state index in [0.29, 0.717) is 9.79 Å². The maximum Gasteiger partial charge on any atom is 0.206 e. The number of likely N-dealkylation sites (N-methyl/N-ethyl adjacent to an activating group) is 1. The standard InChI is InChI=1S/C19H22N2O2S/c1-14-17(11-12-20-2)18-13-16(9-10-19(18)21(14)3)24(22,23)15-7-5-4-6-8-15/h4-10,13,20H,11-12H2,1-3H3. The normalized spacial score (nSPS) is 12.0. The van der Waals surface area contributed by atoms with Crippen LogP contribution in [0.15, 0.2) is 58.3 Å². The second-order valence-electron chi connectivity index (χ2n) is 5.97. The summed E-state index contributed by atoms with van der Waals surface area (Å²) in [6.07, 6.45) is 0.870. The van der Waals surface area contributed by atoms with E-state index in [4.69, 9.17) is 0 Å². The van der Waals surface area contributed by atoms with Crippen LogP contribution in [0.2, 0.25) is 0 Å². The summed E-state index contributed by atoms with van der Waals surface area (Å²) >= 11 is 0. The summed E-state index contributed by atoms with van der Waals surface area (Å²) in [5.74, 6) is 0. The summed E-state index contributed by atoms with van der Waals surface area (Å²) in [6, 6.07) is 14.0. The number of hydrogen-bond acceptors (Lipinski definition) is 3. The van der Waals surface area contributed by atoms with Crippen LogP contribution >= 0.6 is 0 Å². The van der Waals surface area contributed by atoms with Crippen molar-refractivity contribution in [3.8, 4) is 0 Å². The molecule has 3 rings (SSSR count). The van der Waals surface area contributed by atoms with E-state index in [1.807, 2.05) is 32.3 Å². The number of sulfone groups is 1. The summed E-state index contributed by atoms with van der Waals surface area (Å²) in [6.45, 7) is 2.94. The van der Waals surface area contributed by atoms with Crippen LogP contribution in [-0.2, 0) is 23.3 Å². The van der Waals surface area contributed by atoms with Crippen molar-refractivity contribution in [3.05, 3.63) is 59.8 Å². The van der Waals surface area contributed by atoms with Crippen molar-refractivity contribution in [2.75, 3.05) is 13.6 Å². The van der Waals surface area contributed by atoms with Crippen molar-refractivity contribution in [3.63, 3.8) is 0 Å². The molecule has 126 valence electrons.